The second kappa shape index (κ2) is 3.80. The second-order valence-corrected chi connectivity index (χ2v) is 5.18. The molecule has 0 bridgehead atoms. The Morgan fingerprint density at radius 3 is 2.94 bits per heavy atom. The van der Waals surface area contributed by atoms with Crippen LogP contribution in [-0.2, 0) is 6.54 Å². The average Bonchev–Trinajstić information content (AvgIpc) is 2.55. The minimum absolute atomic E-state index is 0.253. The summed E-state index contributed by atoms with van der Waals surface area (Å²) in [5.74, 6) is 0.434. The van der Waals surface area contributed by atoms with Gasteiger partial charge in [0, 0.05) is 12.6 Å². The molecule has 1 aliphatic rings. The lowest BCUT2D eigenvalue weighted by Crippen LogP contribution is -2.18. The van der Waals surface area contributed by atoms with Crippen LogP contribution < -0.4 is 0 Å². The highest BCUT2D eigenvalue weighted by Gasteiger charge is 2.20. The molecule has 1 aliphatic carbocycles. The molecule has 1 saturated carbocycles. The van der Waals surface area contributed by atoms with E-state index in [4.69, 9.17) is 0 Å². The van der Waals surface area contributed by atoms with Crippen LogP contribution in [0.5, 0.6) is 0 Å². The Balaban J connectivity index is 2.04. The quantitative estimate of drug-likeness (QED) is 0.848. The molecule has 1 fully saturated rings. The van der Waals surface area contributed by atoms with Gasteiger partial charge in [-0.1, -0.05) is 11.6 Å². The SMILES string of the molecule is Fc1cc(Br)c2nnn(CC3CCC3)c2c1. The van der Waals surface area contributed by atoms with Crippen LogP contribution in [0.1, 0.15) is 19.3 Å². The molecule has 1 heterocycles. The van der Waals surface area contributed by atoms with Gasteiger partial charge in [-0.3, -0.25) is 0 Å². The highest BCUT2D eigenvalue weighted by Crippen LogP contribution is 2.29. The number of hydrogen-bond acceptors (Lipinski definition) is 2. The molecule has 3 nitrogen and oxygen atoms in total. The number of benzene rings is 1. The molecule has 0 atom stereocenters. The third-order valence-electron chi connectivity index (χ3n) is 3.19. The maximum Gasteiger partial charge on any atom is 0.127 e. The number of nitrogens with zero attached hydrogens (tertiary/aromatic N) is 3. The minimum atomic E-state index is -0.253. The summed E-state index contributed by atoms with van der Waals surface area (Å²) in [6.45, 7) is 0.854. The zero-order chi connectivity index (χ0) is 11.1. The molecule has 5 heteroatoms. The first kappa shape index (κ1) is 10.2. The summed E-state index contributed by atoms with van der Waals surface area (Å²) in [6.07, 6.45) is 3.80. The van der Waals surface area contributed by atoms with Crippen molar-refractivity contribution in [2.75, 3.05) is 0 Å². The van der Waals surface area contributed by atoms with Crippen molar-refractivity contribution in [3.8, 4) is 0 Å². The van der Waals surface area contributed by atoms with E-state index in [0.29, 0.717) is 10.4 Å². The Morgan fingerprint density at radius 2 is 2.25 bits per heavy atom. The lowest BCUT2D eigenvalue weighted by molar-refractivity contribution is 0.267. The lowest BCUT2D eigenvalue weighted by Gasteiger charge is -2.24. The highest BCUT2D eigenvalue weighted by molar-refractivity contribution is 9.10. The first-order valence-electron chi connectivity index (χ1n) is 5.42. The molecule has 0 radical (unpaired) electrons. The fourth-order valence-electron chi connectivity index (χ4n) is 2.05. The van der Waals surface area contributed by atoms with Crippen LogP contribution in [0.4, 0.5) is 4.39 Å². The normalized spacial score (nSPS) is 16.6. The molecule has 3 rings (SSSR count). The fraction of sp³-hybridized carbons (Fsp3) is 0.455. The van der Waals surface area contributed by atoms with E-state index in [1.165, 1.54) is 31.4 Å². The van der Waals surface area contributed by atoms with Gasteiger partial charge in [-0.2, -0.15) is 0 Å². The van der Waals surface area contributed by atoms with Crippen molar-refractivity contribution in [3.05, 3.63) is 22.4 Å². The van der Waals surface area contributed by atoms with Gasteiger partial charge in [0.15, 0.2) is 0 Å². The number of hydrogen-bond donors (Lipinski definition) is 0. The van der Waals surface area contributed by atoms with Crippen molar-refractivity contribution in [1.29, 1.82) is 0 Å². The van der Waals surface area contributed by atoms with Gasteiger partial charge in [0.1, 0.15) is 11.3 Å². The van der Waals surface area contributed by atoms with Gasteiger partial charge in [0.05, 0.1) is 9.99 Å². The first-order chi connectivity index (χ1) is 7.74. The molecule has 1 aromatic heterocycles. The van der Waals surface area contributed by atoms with Crippen molar-refractivity contribution in [1.82, 2.24) is 15.0 Å². The third-order valence-corrected chi connectivity index (χ3v) is 3.80. The van der Waals surface area contributed by atoms with E-state index in [0.717, 1.165) is 17.6 Å². The van der Waals surface area contributed by atoms with Crippen molar-refractivity contribution in [2.24, 2.45) is 5.92 Å². The van der Waals surface area contributed by atoms with Gasteiger partial charge in [0.25, 0.3) is 0 Å². The zero-order valence-electron chi connectivity index (χ0n) is 8.66. The Hall–Kier alpha value is -0.970. The van der Waals surface area contributed by atoms with Crippen molar-refractivity contribution < 1.29 is 4.39 Å². The fourth-order valence-corrected chi connectivity index (χ4v) is 2.55. The van der Waals surface area contributed by atoms with Gasteiger partial charge in [-0.15, -0.1) is 5.10 Å². The summed E-state index contributed by atoms with van der Waals surface area (Å²) in [5, 5.41) is 8.16. The van der Waals surface area contributed by atoms with Crippen molar-refractivity contribution in [3.63, 3.8) is 0 Å². The molecular weight excluding hydrogens is 273 g/mol. The molecule has 0 amide bonds. The van der Waals surface area contributed by atoms with E-state index < -0.39 is 0 Å². The summed E-state index contributed by atoms with van der Waals surface area (Å²) >= 11 is 3.30. The van der Waals surface area contributed by atoms with Crippen LogP contribution in [0.3, 0.4) is 0 Å². The number of aromatic nitrogens is 3. The predicted octanol–water partition coefficient (Wildman–Crippen LogP) is 3.13. The Bertz CT molecular complexity index is 533. The Labute approximate surface area is 101 Å². The molecule has 0 aliphatic heterocycles. The van der Waals surface area contributed by atoms with Gasteiger partial charge in [0.2, 0.25) is 0 Å². The smallest absolute Gasteiger partial charge is 0.127 e. The van der Waals surface area contributed by atoms with E-state index in [-0.39, 0.29) is 5.82 Å². The van der Waals surface area contributed by atoms with Gasteiger partial charge in [-0.25, -0.2) is 9.07 Å². The maximum absolute atomic E-state index is 13.3. The zero-order valence-corrected chi connectivity index (χ0v) is 10.2. The maximum atomic E-state index is 13.3. The summed E-state index contributed by atoms with van der Waals surface area (Å²) in [7, 11) is 0. The van der Waals surface area contributed by atoms with E-state index >= 15 is 0 Å². The summed E-state index contributed by atoms with van der Waals surface area (Å²) in [4.78, 5) is 0. The van der Waals surface area contributed by atoms with E-state index in [9.17, 15) is 4.39 Å². The van der Waals surface area contributed by atoms with E-state index in [1.807, 2.05) is 4.68 Å². The summed E-state index contributed by atoms with van der Waals surface area (Å²) < 4.78 is 15.8. The monoisotopic (exact) mass is 283 g/mol. The van der Waals surface area contributed by atoms with E-state index in [2.05, 4.69) is 26.2 Å². The molecule has 1 aromatic carbocycles. The van der Waals surface area contributed by atoms with Crippen LogP contribution in [0.2, 0.25) is 0 Å². The van der Waals surface area contributed by atoms with Gasteiger partial charge >= 0.3 is 0 Å². The van der Waals surface area contributed by atoms with Crippen LogP contribution >= 0.6 is 15.9 Å². The molecule has 0 unspecified atom stereocenters. The molecule has 2 aromatic rings. The minimum Gasteiger partial charge on any atom is -0.244 e. The first-order valence-corrected chi connectivity index (χ1v) is 6.21. The number of halogens is 2. The largest absolute Gasteiger partial charge is 0.244 e. The summed E-state index contributed by atoms with van der Waals surface area (Å²) in [6, 6.07) is 2.92. The average molecular weight is 284 g/mol. The topological polar surface area (TPSA) is 30.7 Å². The Kier molecular flexibility index (Phi) is 2.42. The molecule has 0 saturated heterocycles. The molecule has 0 N–H and O–H groups in total. The molecule has 0 spiro atoms. The number of rotatable bonds is 2. The molecular formula is C11H11BrFN3. The van der Waals surface area contributed by atoms with Gasteiger partial charge < -0.3 is 0 Å². The van der Waals surface area contributed by atoms with Crippen LogP contribution in [0.25, 0.3) is 11.0 Å². The summed E-state index contributed by atoms with van der Waals surface area (Å²) in [5.41, 5.74) is 1.51. The van der Waals surface area contributed by atoms with E-state index in [1.54, 1.807) is 0 Å². The van der Waals surface area contributed by atoms with Gasteiger partial charge in [-0.05, 0) is 40.8 Å². The van der Waals surface area contributed by atoms with Crippen molar-refractivity contribution in [2.45, 2.75) is 25.8 Å². The van der Waals surface area contributed by atoms with Crippen LogP contribution in [-0.4, -0.2) is 15.0 Å². The molecule has 16 heavy (non-hydrogen) atoms. The third kappa shape index (κ3) is 1.63. The van der Waals surface area contributed by atoms with Crippen LogP contribution in [0, 0.1) is 11.7 Å². The molecule has 84 valence electrons. The Morgan fingerprint density at radius 1 is 1.44 bits per heavy atom. The van der Waals surface area contributed by atoms with Crippen molar-refractivity contribution >= 4 is 27.0 Å². The standard InChI is InChI=1S/C11H11BrFN3/c12-9-4-8(13)5-10-11(9)14-15-16(10)6-7-2-1-3-7/h4-5,7H,1-3,6H2. The van der Waals surface area contributed by atoms with Crippen LogP contribution in [0.15, 0.2) is 16.6 Å². The lowest BCUT2D eigenvalue weighted by atomic mass is 9.85. The predicted molar refractivity (Wildman–Crippen MR) is 62.5 cm³/mol. The second-order valence-electron chi connectivity index (χ2n) is 4.32. The highest BCUT2D eigenvalue weighted by atomic mass is 79.9. The number of fused-ring (bicyclic) bond motifs is 1.